The summed E-state index contributed by atoms with van der Waals surface area (Å²) in [5.74, 6) is 4.95. The minimum absolute atomic E-state index is 0.0320. The lowest BCUT2D eigenvalue weighted by atomic mass is 10.2. The molecule has 0 heterocycles. The van der Waals surface area contributed by atoms with Crippen molar-refractivity contribution in [1.29, 1.82) is 0 Å². The topological polar surface area (TPSA) is 38.0 Å². The highest BCUT2D eigenvalue weighted by Crippen LogP contribution is 2.39. The SMILES string of the molecule is NNc1cccc(Br)c1C(F)(F)F. The molecule has 0 aliphatic carbocycles. The van der Waals surface area contributed by atoms with Gasteiger partial charge in [-0.15, -0.1) is 0 Å². The smallest absolute Gasteiger partial charge is 0.323 e. The van der Waals surface area contributed by atoms with Crippen LogP contribution < -0.4 is 11.3 Å². The van der Waals surface area contributed by atoms with Crippen LogP contribution in [0.5, 0.6) is 0 Å². The third-order valence-electron chi connectivity index (χ3n) is 1.45. The molecule has 0 amide bonds. The third kappa shape index (κ3) is 2.13. The first-order valence-corrected chi connectivity index (χ1v) is 4.08. The third-order valence-corrected chi connectivity index (χ3v) is 2.11. The predicted octanol–water partition coefficient (Wildman–Crippen LogP) is 2.75. The summed E-state index contributed by atoms with van der Waals surface area (Å²) in [6.07, 6.45) is -4.41. The molecule has 3 N–H and O–H groups in total. The number of alkyl halides is 3. The van der Waals surface area contributed by atoms with Crippen molar-refractivity contribution >= 4 is 21.6 Å². The minimum atomic E-state index is -4.41. The Hall–Kier alpha value is -0.750. The molecule has 1 aromatic rings. The molecular weight excluding hydrogens is 249 g/mol. The monoisotopic (exact) mass is 254 g/mol. The summed E-state index contributed by atoms with van der Waals surface area (Å²) in [5, 5.41) is 0. The first kappa shape index (κ1) is 10.3. The van der Waals surface area contributed by atoms with E-state index in [1.807, 2.05) is 5.43 Å². The van der Waals surface area contributed by atoms with Crippen molar-refractivity contribution in [1.82, 2.24) is 0 Å². The zero-order valence-electron chi connectivity index (χ0n) is 6.32. The fraction of sp³-hybridized carbons (Fsp3) is 0.143. The lowest BCUT2D eigenvalue weighted by Crippen LogP contribution is -2.15. The number of hydrazine groups is 1. The van der Waals surface area contributed by atoms with Gasteiger partial charge < -0.3 is 5.43 Å². The predicted molar refractivity (Wildman–Crippen MR) is 47.0 cm³/mol. The Morgan fingerprint density at radius 3 is 2.31 bits per heavy atom. The quantitative estimate of drug-likeness (QED) is 0.598. The molecule has 1 rings (SSSR count). The van der Waals surface area contributed by atoms with Gasteiger partial charge >= 0.3 is 6.18 Å². The molecule has 0 aliphatic heterocycles. The number of halogens is 4. The summed E-state index contributed by atoms with van der Waals surface area (Å²) in [5.41, 5.74) is 1.05. The number of benzene rings is 1. The van der Waals surface area contributed by atoms with Crippen molar-refractivity contribution in [3.63, 3.8) is 0 Å². The second kappa shape index (κ2) is 3.55. The van der Waals surface area contributed by atoms with E-state index in [-0.39, 0.29) is 10.2 Å². The Labute approximate surface area is 81.0 Å². The van der Waals surface area contributed by atoms with Crippen LogP contribution in [0.3, 0.4) is 0 Å². The van der Waals surface area contributed by atoms with E-state index in [4.69, 9.17) is 5.84 Å². The highest BCUT2D eigenvalue weighted by Gasteiger charge is 2.35. The van der Waals surface area contributed by atoms with E-state index in [1.165, 1.54) is 18.2 Å². The molecule has 0 aromatic heterocycles. The molecule has 13 heavy (non-hydrogen) atoms. The van der Waals surface area contributed by atoms with Crippen molar-refractivity contribution in [2.45, 2.75) is 6.18 Å². The first-order chi connectivity index (χ1) is 5.96. The number of nitrogens with two attached hydrogens (primary N) is 1. The summed E-state index contributed by atoms with van der Waals surface area (Å²) in [4.78, 5) is 0. The van der Waals surface area contributed by atoms with E-state index in [2.05, 4.69) is 15.9 Å². The standard InChI is InChI=1S/C7H6BrF3N2/c8-4-2-1-3-5(13-12)6(4)7(9,10)11/h1-3,13H,12H2. The van der Waals surface area contributed by atoms with Crippen LogP contribution in [0.1, 0.15) is 5.56 Å². The van der Waals surface area contributed by atoms with Crippen LogP contribution >= 0.6 is 15.9 Å². The molecule has 0 saturated heterocycles. The summed E-state index contributed by atoms with van der Waals surface area (Å²) in [6, 6.07) is 4.03. The Bertz CT molecular complexity index is 311. The van der Waals surface area contributed by atoms with Crippen LogP contribution in [0.2, 0.25) is 0 Å². The summed E-state index contributed by atoms with van der Waals surface area (Å²) in [7, 11) is 0. The second-order valence-electron chi connectivity index (χ2n) is 2.30. The van der Waals surface area contributed by atoms with E-state index in [0.717, 1.165) is 0 Å². The van der Waals surface area contributed by atoms with Crippen LogP contribution in [0.25, 0.3) is 0 Å². The van der Waals surface area contributed by atoms with E-state index >= 15 is 0 Å². The highest BCUT2D eigenvalue weighted by atomic mass is 79.9. The molecule has 0 saturated carbocycles. The van der Waals surface area contributed by atoms with Gasteiger partial charge in [0.15, 0.2) is 0 Å². The fourth-order valence-corrected chi connectivity index (χ4v) is 1.52. The summed E-state index contributed by atoms with van der Waals surface area (Å²) < 4.78 is 37.1. The van der Waals surface area contributed by atoms with Gasteiger partial charge in [-0.2, -0.15) is 13.2 Å². The van der Waals surface area contributed by atoms with Crippen LogP contribution in [0.15, 0.2) is 22.7 Å². The number of anilines is 1. The number of nitrogen functional groups attached to an aromatic ring is 1. The highest BCUT2D eigenvalue weighted by molar-refractivity contribution is 9.10. The van der Waals surface area contributed by atoms with Gasteiger partial charge in [-0.25, -0.2) is 0 Å². The van der Waals surface area contributed by atoms with Crippen molar-refractivity contribution < 1.29 is 13.2 Å². The minimum Gasteiger partial charge on any atom is -0.323 e. The molecule has 0 atom stereocenters. The molecule has 6 heteroatoms. The zero-order chi connectivity index (χ0) is 10.1. The van der Waals surface area contributed by atoms with Gasteiger partial charge in [-0.3, -0.25) is 5.84 Å². The van der Waals surface area contributed by atoms with Gasteiger partial charge in [-0.05, 0) is 12.1 Å². The molecule has 0 aliphatic rings. The summed E-state index contributed by atoms with van der Waals surface area (Å²) >= 11 is 2.81. The maximum atomic E-state index is 12.4. The van der Waals surface area contributed by atoms with Crippen LogP contribution in [-0.4, -0.2) is 0 Å². The molecule has 0 spiro atoms. The Morgan fingerprint density at radius 2 is 1.92 bits per heavy atom. The van der Waals surface area contributed by atoms with Gasteiger partial charge in [0.05, 0.1) is 11.3 Å². The average molecular weight is 255 g/mol. The average Bonchev–Trinajstić information content (AvgIpc) is 2.01. The van der Waals surface area contributed by atoms with Crippen molar-refractivity contribution in [2.75, 3.05) is 5.43 Å². The van der Waals surface area contributed by atoms with Gasteiger partial charge in [0.25, 0.3) is 0 Å². The van der Waals surface area contributed by atoms with Crippen LogP contribution in [0.4, 0.5) is 18.9 Å². The Balaban J connectivity index is 3.32. The van der Waals surface area contributed by atoms with Crippen molar-refractivity contribution in [3.05, 3.63) is 28.2 Å². The number of nitrogens with one attached hydrogen (secondary N) is 1. The van der Waals surface area contributed by atoms with Gasteiger partial charge in [-0.1, -0.05) is 22.0 Å². The Kier molecular flexibility index (Phi) is 2.82. The van der Waals surface area contributed by atoms with Gasteiger partial charge in [0.2, 0.25) is 0 Å². The molecule has 72 valence electrons. The van der Waals surface area contributed by atoms with Gasteiger partial charge in [0, 0.05) is 4.47 Å². The van der Waals surface area contributed by atoms with Crippen LogP contribution in [0, 0.1) is 0 Å². The van der Waals surface area contributed by atoms with E-state index in [9.17, 15) is 13.2 Å². The normalized spacial score (nSPS) is 11.5. The zero-order valence-corrected chi connectivity index (χ0v) is 7.91. The Morgan fingerprint density at radius 1 is 1.31 bits per heavy atom. The van der Waals surface area contributed by atoms with Crippen molar-refractivity contribution in [3.8, 4) is 0 Å². The lowest BCUT2D eigenvalue weighted by molar-refractivity contribution is -0.137. The van der Waals surface area contributed by atoms with Gasteiger partial charge in [0.1, 0.15) is 0 Å². The number of hydrogen-bond donors (Lipinski definition) is 2. The molecule has 0 fully saturated rings. The lowest BCUT2D eigenvalue weighted by Gasteiger charge is -2.13. The van der Waals surface area contributed by atoms with E-state index in [0.29, 0.717) is 0 Å². The maximum Gasteiger partial charge on any atom is 0.419 e. The molecule has 0 unspecified atom stereocenters. The molecule has 0 bridgehead atoms. The van der Waals surface area contributed by atoms with E-state index in [1.54, 1.807) is 0 Å². The first-order valence-electron chi connectivity index (χ1n) is 3.29. The van der Waals surface area contributed by atoms with Crippen molar-refractivity contribution in [2.24, 2.45) is 5.84 Å². The maximum absolute atomic E-state index is 12.4. The fourth-order valence-electron chi connectivity index (χ4n) is 0.933. The van der Waals surface area contributed by atoms with E-state index < -0.39 is 11.7 Å². The molecule has 0 radical (unpaired) electrons. The molecule has 2 nitrogen and oxygen atoms in total. The molecular formula is C7H6BrF3N2. The van der Waals surface area contributed by atoms with Crippen LogP contribution in [-0.2, 0) is 6.18 Å². The molecule has 1 aromatic carbocycles. The second-order valence-corrected chi connectivity index (χ2v) is 3.16. The largest absolute Gasteiger partial charge is 0.419 e. The number of hydrogen-bond acceptors (Lipinski definition) is 2. The number of rotatable bonds is 1. The summed E-state index contributed by atoms with van der Waals surface area (Å²) in [6.45, 7) is 0.